The van der Waals surface area contributed by atoms with Crippen molar-refractivity contribution in [1.29, 1.82) is 0 Å². The molecule has 0 aliphatic rings. The topological polar surface area (TPSA) is 97.3 Å². The number of aromatic amines is 1. The number of nitrogens with zero attached hydrogens (tertiary/aromatic N) is 2. The van der Waals surface area contributed by atoms with Crippen LogP contribution in [0.4, 0.5) is 0 Å². The zero-order valence-electron chi connectivity index (χ0n) is 13.5. The Hall–Kier alpha value is -3.50. The van der Waals surface area contributed by atoms with E-state index in [4.69, 9.17) is 26.2 Å². The maximum atomic E-state index is 11.1. The van der Waals surface area contributed by atoms with Gasteiger partial charge in [0, 0.05) is 16.7 Å². The van der Waals surface area contributed by atoms with Gasteiger partial charge in [-0.3, -0.25) is 0 Å². The van der Waals surface area contributed by atoms with E-state index in [0.717, 1.165) is 5.56 Å². The van der Waals surface area contributed by atoms with E-state index in [0.29, 0.717) is 22.1 Å². The monoisotopic (exact) mass is 369 g/mol. The molecule has 0 unspecified atom stereocenters. The number of ether oxygens (including phenoxy) is 2. The fourth-order valence-corrected chi connectivity index (χ4v) is 2.19. The lowest BCUT2D eigenvalue weighted by Gasteiger charge is -2.07. The van der Waals surface area contributed by atoms with Crippen LogP contribution in [0.5, 0.6) is 17.4 Å². The van der Waals surface area contributed by atoms with Crippen molar-refractivity contribution in [3.05, 3.63) is 64.3 Å². The first-order valence-electron chi connectivity index (χ1n) is 7.34. The van der Waals surface area contributed by atoms with Crippen LogP contribution in [0.1, 0.15) is 21.6 Å². The number of aromatic carboxylic acids is 1. The maximum Gasteiger partial charge on any atom is 0.359 e. The number of halogens is 1. The van der Waals surface area contributed by atoms with E-state index in [1.807, 2.05) is 0 Å². The fraction of sp³-hybridized carbons (Fsp3) is 0.0556. The molecule has 3 rings (SSSR count). The highest BCUT2D eigenvalue weighted by Crippen LogP contribution is 2.27. The Morgan fingerprint density at radius 1 is 1.19 bits per heavy atom. The summed E-state index contributed by atoms with van der Waals surface area (Å²) in [6, 6.07) is 12.0. The number of aromatic nitrogens is 3. The SMILES string of the molecule is COc1ccc(Oc2nn[nH]c2C(=O)O)cc1C#Cc1ccc(Cl)cc1. The van der Waals surface area contributed by atoms with Gasteiger partial charge in [0.05, 0.1) is 12.7 Å². The third kappa shape index (κ3) is 3.94. The molecule has 2 aromatic carbocycles. The normalized spacial score (nSPS) is 9.92. The van der Waals surface area contributed by atoms with Crippen molar-refractivity contribution in [1.82, 2.24) is 15.4 Å². The summed E-state index contributed by atoms with van der Waals surface area (Å²) in [5.74, 6) is 5.55. The lowest BCUT2D eigenvalue weighted by atomic mass is 10.1. The molecule has 1 aromatic heterocycles. The minimum Gasteiger partial charge on any atom is -0.495 e. The predicted octanol–water partition coefficient (Wildman–Crippen LogP) is 3.36. The number of methoxy groups -OCH3 is 1. The van der Waals surface area contributed by atoms with Crippen LogP contribution in [-0.2, 0) is 0 Å². The number of carbonyl (C=O) groups is 1. The number of carboxylic acids is 1. The molecule has 0 amide bonds. The molecule has 130 valence electrons. The fourth-order valence-electron chi connectivity index (χ4n) is 2.06. The highest BCUT2D eigenvalue weighted by molar-refractivity contribution is 6.30. The minimum atomic E-state index is -1.22. The molecule has 0 bridgehead atoms. The van der Waals surface area contributed by atoms with Crippen LogP contribution in [-0.4, -0.2) is 33.6 Å². The van der Waals surface area contributed by atoms with Crippen LogP contribution in [0.3, 0.4) is 0 Å². The summed E-state index contributed by atoms with van der Waals surface area (Å²) in [5.41, 5.74) is 1.11. The van der Waals surface area contributed by atoms with Gasteiger partial charge in [0.25, 0.3) is 5.88 Å². The summed E-state index contributed by atoms with van der Waals surface area (Å²) in [6.45, 7) is 0. The Morgan fingerprint density at radius 3 is 2.65 bits per heavy atom. The average Bonchev–Trinajstić information content (AvgIpc) is 3.10. The maximum absolute atomic E-state index is 11.1. The second kappa shape index (κ2) is 7.59. The van der Waals surface area contributed by atoms with E-state index in [2.05, 4.69) is 27.3 Å². The van der Waals surface area contributed by atoms with Gasteiger partial charge in [-0.2, -0.15) is 0 Å². The van der Waals surface area contributed by atoms with Crippen molar-refractivity contribution >= 4 is 17.6 Å². The second-order valence-electron chi connectivity index (χ2n) is 5.02. The zero-order valence-corrected chi connectivity index (χ0v) is 14.2. The molecule has 26 heavy (non-hydrogen) atoms. The minimum absolute atomic E-state index is 0.140. The first-order valence-corrected chi connectivity index (χ1v) is 7.72. The number of carboxylic acid groups (broad SMARTS) is 1. The van der Waals surface area contributed by atoms with E-state index >= 15 is 0 Å². The Balaban J connectivity index is 1.91. The molecule has 0 aliphatic heterocycles. The number of H-pyrrole nitrogens is 1. The van der Waals surface area contributed by atoms with Crippen LogP contribution >= 0.6 is 11.6 Å². The van der Waals surface area contributed by atoms with Gasteiger partial charge < -0.3 is 14.6 Å². The smallest absolute Gasteiger partial charge is 0.359 e. The Bertz CT molecular complexity index is 1000. The van der Waals surface area contributed by atoms with Gasteiger partial charge in [-0.25, -0.2) is 9.89 Å². The third-order valence-electron chi connectivity index (χ3n) is 3.30. The highest BCUT2D eigenvalue weighted by atomic mass is 35.5. The van der Waals surface area contributed by atoms with Crippen LogP contribution in [0.25, 0.3) is 0 Å². The summed E-state index contributed by atoms with van der Waals surface area (Å²) in [7, 11) is 1.53. The predicted molar refractivity (Wildman–Crippen MR) is 93.8 cm³/mol. The van der Waals surface area contributed by atoms with Gasteiger partial charge in [0.2, 0.25) is 5.69 Å². The molecule has 0 radical (unpaired) electrons. The molecule has 0 atom stereocenters. The molecule has 0 saturated heterocycles. The highest BCUT2D eigenvalue weighted by Gasteiger charge is 2.17. The first kappa shape index (κ1) is 17.3. The largest absolute Gasteiger partial charge is 0.495 e. The van der Waals surface area contributed by atoms with Gasteiger partial charge in [-0.15, -0.1) is 0 Å². The van der Waals surface area contributed by atoms with Crippen molar-refractivity contribution in [3.63, 3.8) is 0 Å². The Morgan fingerprint density at radius 2 is 1.96 bits per heavy atom. The van der Waals surface area contributed by atoms with E-state index < -0.39 is 5.97 Å². The zero-order chi connectivity index (χ0) is 18.5. The molecule has 7 nitrogen and oxygen atoms in total. The summed E-state index contributed by atoms with van der Waals surface area (Å²) in [4.78, 5) is 11.1. The van der Waals surface area contributed by atoms with Crippen LogP contribution in [0.15, 0.2) is 42.5 Å². The molecule has 0 aliphatic carbocycles. The van der Waals surface area contributed by atoms with Gasteiger partial charge in [0.15, 0.2) is 0 Å². The quantitative estimate of drug-likeness (QED) is 0.684. The third-order valence-corrected chi connectivity index (χ3v) is 3.55. The van der Waals surface area contributed by atoms with Crippen molar-refractivity contribution in [3.8, 4) is 29.2 Å². The lowest BCUT2D eigenvalue weighted by Crippen LogP contribution is -2.00. The second-order valence-corrected chi connectivity index (χ2v) is 5.45. The van der Waals surface area contributed by atoms with E-state index in [9.17, 15) is 4.79 Å². The molecule has 0 fully saturated rings. The van der Waals surface area contributed by atoms with Crippen molar-refractivity contribution in [2.75, 3.05) is 7.11 Å². The van der Waals surface area contributed by atoms with Crippen LogP contribution < -0.4 is 9.47 Å². The van der Waals surface area contributed by atoms with E-state index in [1.54, 1.807) is 42.5 Å². The first-order chi connectivity index (χ1) is 12.6. The number of rotatable bonds is 4. The van der Waals surface area contributed by atoms with Gasteiger partial charge >= 0.3 is 5.97 Å². The summed E-state index contributed by atoms with van der Waals surface area (Å²) in [6.07, 6.45) is 0. The number of benzene rings is 2. The van der Waals surface area contributed by atoms with Gasteiger partial charge in [-0.1, -0.05) is 33.8 Å². The Kier molecular flexibility index (Phi) is 5.06. The number of hydrogen-bond donors (Lipinski definition) is 2. The number of nitrogens with one attached hydrogen (secondary N) is 1. The average molecular weight is 370 g/mol. The molecule has 2 N–H and O–H groups in total. The Labute approximate surface area is 153 Å². The molecule has 3 aromatic rings. The molecular weight excluding hydrogens is 358 g/mol. The molecule has 1 heterocycles. The molecule has 0 saturated carbocycles. The van der Waals surface area contributed by atoms with Gasteiger partial charge in [-0.05, 0) is 36.4 Å². The standard InChI is InChI=1S/C18H12ClN3O4/c1-25-15-9-8-14(26-17-16(18(23)24)20-22-21-17)10-12(15)5-2-11-3-6-13(19)7-4-11/h3-4,6-10H,1H3,(H,23,24)(H,20,21,22). The molecule has 8 heteroatoms. The van der Waals surface area contributed by atoms with Gasteiger partial charge in [0.1, 0.15) is 11.5 Å². The van der Waals surface area contributed by atoms with Crippen molar-refractivity contribution < 1.29 is 19.4 Å². The summed E-state index contributed by atoms with van der Waals surface area (Å²) < 4.78 is 10.8. The van der Waals surface area contributed by atoms with Crippen molar-refractivity contribution in [2.24, 2.45) is 0 Å². The number of hydrogen-bond acceptors (Lipinski definition) is 5. The van der Waals surface area contributed by atoms with Crippen LogP contribution in [0.2, 0.25) is 5.02 Å². The van der Waals surface area contributed by atoms with E-state index in [-0.39, 0.29) is 11.6 Å². The summed E-state index contributed by atoms with van der Waals surface area (Å²) >= 11 is 5.86. The van der Waals surface area contributed by atoms with Crippen LogP contribution in [0, 0.1) is 11.8 Å². The molecular formula is C18H12ClN3O4. The van der Waals surface area contributed by atoms with Crippen molar-refractivity contribution in [2.45, 2.75) is 0 Å². The lowest BCUT2D eigenvalue weighted by molar-refractivity contribution is 0.0687. The summed E-state index contributed by atoms with van der Waals surface area (Å²) in [5, 5.41) is 19.0. The van der Waals surface area contributed by atoms with E-state index in [1.165, 1.54) is 7.11 Å². The molecule has 0 spiro atoms.